The standard InChI is InChI=1S/C21H25ClN2O3/c1-16-13-18(22)7-8-20(16)27-15-21(25)23-19(17-5-3-2-4-6-17)14-24-9-11-26-12-10-24/h2-8,13,19H,9-12,14-15H2,1H3,(H,23,25)/t19-/m1/s1. The number of hydrogen-bond acceptors (Lipinski definition) is 4. The van der Waals surface area contributed by atoms with Crippen molar-refractivity contribution in [2.75, 3.05) is 39.5 Å². The molecule has 5 nitrogen and oxygen atoms in total. The van der Waals surface area contributed by atoms with Crippen molar-refractivity contribution in [1.82, 2.24) is 10.2 Å². The lowest BCUT2D eigenvalue weighted by Gasteiger charge is -2.31. The predicted octanol–water partition coefficient (Wildman–Crippen LogP) is 3.22. The topological polar surface area (TPSA) is 50.8 Å². The number of ether oxygens (including phenoxy) is 2. The first-order chi connectivity index (χ1) is 13.1. The molecule has 144 valence electrons. The Balaban J connectivity index is 1.61. The molecule has 1 amide bonds. The number of benzene rings is 2. The summed E-state index contributed by atoms with van der Waals surface area (Å²) in [6.07, 6.45) is 0. The molecule has 0 bridgehead atoms. The Morgan fingerprint density at radius 3 is 2.67 bits per heavy atom. The van der Waals surface area contributed by atoms with Crippen LogP contribution in [0, 0.1) is 6.92 Å². The molecule has 6 heteroatoms. The van der Waals surface area contributed by atoms with Gasteiger partial charge in [0.25, 0.3) is 5.91 Å². The van der Waals surface area contributed by atoms with E-state index in [0.29, 0.717) is 10.8 Å². The minimum atomic E-state index is -0.147. The second-order valence-corrected chi connectivity index (χ2v) is 7.08. The zero-order valence-corrected chi connectivity index (χ0v) is 16.2. The van der Waals surface area contributed by atoms with Crippen molar-refractivity contribution in [2.24, 2.45) is 0 Å². The summed E-state index contributed by atoms with van der Waals surface area (Å²) in [4.78, 5) is 14.8. The summed E-state index contributed by atoms with van der Waals surface area (Å²) in [6, 6.07) is 15.3. The van der Waals surface area contributed by atoms with Crippen molar-refractivity contribution < 1.29 is 14.3 Å². The maximum absolute atomic E-state index is 12.5. The molecule has 1 N–H and O–H groups in total. The molecule has 0 unspecified atom stereocenters. The number of hydrogen-bond donors (Lipinski definition) is 1. The molecule has 2 aromatic carbocycles. The smallest absolute Gasteiger partial charge is 0.258 e. The van der Waals surface area contributed by atoms with Gasteiger partial charge in [-0.05, 0) is 36.2 Å². The van der Waals surface area contributed by atoms with E-state index in [4.69, 9.17) is 21.1 Å². The zero-order valence-electron chi connectivity index (χ0n) is 15.5. The van der Waals surface area contributed by atoms with Gasteiger partial charge in [0.05, 0.1) is 19.3 Å². The van der Waals surface area contributed by atoms with E-state index in [1.54, 1.807) is 12.1 Å². The number of nitrogens with one attached hydrogen (secondary N) is 1. The van der Waals surface area contributed by atoms with E-state index < -0.39 is 0 Å². The van der Waals surface area contributed by atoms with Gasteiger partial charge in [-0.15, -0.1) is 0 Å². The van der Waals surface area contributed by atoms with E-state index >= 15 is 0 Å². The number of carbonyl (C=O) groups is 1. The molecule has 0 aliphatic carbocycles. The van der Waals surface area contributed by atoms with Gasteiger partial charge in [-0.1, -0.05) is 41.9 Å². The summed E-state index contributed by atoms with van der Waals surface area (Å²) in [5.74, 6) is 0.519. The molecule has 0 spiro atoms. The highest BCUT2D eigenvalue weighted by molar-refractivity contribution is 6.30. The molecule has 1 saturated heterocycles. The minimum Gasteiger partial charge on any atom is -0.484 e. The van der Waals surface area contributed by atoms with Crippen molar-refractivity contribution >= 4 is 17.5 Å². The van der Waals surface area contributed by atoms with Gasteiger partial charge in [-0.25, -0.2) is 0 Å². The SMILES string of the molecule is Cc1cc(Cl)ccc1OCC(=O)N[C@H](CN1CCOCC1)c1ccccc1. The Labute approximate surface area is 165 Å². The molecular formula is C21H25ClN2O3. The third kappa shape index (κ3) is 5.96. The first kappa shape index (κ1) is 19.7. The number of morpholine rings is 1. The van der Waals surface area contributed by atoms with E-state index in [2.05, 4.69) is 10.2 Å². The van der Waals surface area contributed by atoms with Crippen molar-refractivity contribution in [2.45, 2.75) is 13.0 Å². The van der Waals surface area contributed by atoms with Crippen molar-refractivity contribution in [1.29, 1.82) is 0 Å². The van der Waals surface area contributed by atoms with Crippen molar-refractivity contribution in [3.8, 4) is 5.75 Å². The largest absolute Gasteiger partial charge is 0.484 e. The highest BCUT2D eigenvalue weighted by Gasteiger charge is 2.20. The van der Waals surface area contributed by atoms with Gasteiger partial charge in [0.15, 0.2) is 6.61 Å². The highest BCUT2D eigenvalue weighted by atomic mass is 35.5. The average molecular weight is 389 g/mol. The monoisotopic (exact) mass is 388 g/mol. The summed E-state index contributed by atoms with van der Waals surface area (Å²) in [6.45, 7) is 5.83. The van der Waals surface area contributed by atoms with Crippen LogP contribution < -0.4 is 10.1 Å². The number of nitrogens with zero attached hydrogens (tertiary/aromatic N) is 1. The lowest BCUT2D eigenvalue weighted by molar-refractivity contribution is -0.124. The summed E-state index contributed by atoms with van der Waals surface area (Å²) in [5, 5.41) is 3.76. The van der Waals surface area contributed by atoms with Crippen LogP contribution in [0.1, 0.15) is 17.2 Å². The van der Waals surface area contributed by atoms with Gasteiger partial charge in [0.1, 0.15) is 5.75 Å². The van der Waals surface area contributed by atoms with Crippen molar-refractivity contribution in [3.05, 3.63) is 64.7 Å². The third-order valence-corrected chi connectivity index (χ3v) is 4.81. The number of carbonyl (C=O) groups excluding carboxylic acids is 1. The van der Waals surface area contributed by atoms with Gasteiger partial charge in [-0.3, -0.25) is 9.69 Å². The van der Waals surface area contributed by atoms with E-state index in [9.17, 15) is 4.79 Å². The molecule has 27 heavy (non-hydrogen) atoms. The average Bonchev–Trinajstić information content (AvgIpc) is 2.68. The fourth-order valence-electron chi connectivity index (χ4n) is 3.12. The number of aryl methyl sites for hydroxylation is 1. The second kappa shape index (κ2) is 9.74. The first-order valence-electron chi connectivity index (χ1n) is 9.15. The fourth-order valence-corrected chi connectivity index (χ4v) is 3.34. The lowest BCUT2D eigenvalue weighted by atomic mass is 10.1. The second-order valence-electron chi connectivity index (χ2n) is 6.64. The number of rotatable bonds is 7. The number of halogens is 1. The molecular weight excluding hydrogens is 364 g/mol. The molecule has 1 heterocycles. The summed E-state index contributed by atoms with van der Waals surface area (Å²) in [5.41, 5.74) is 1.99. The molecule has 1 aliphatic rings. The maximum Gasteiger partial charge on any atom is 0.258 e. The Morgan fingerprint density at radius 2 is 1.96 bits per heavy atom. The van der Waals surface area contributed by atoms with Crippen molar-refractivity contribution in [3.63, 3.8) is 0 Å². The Hall–Kier alpha value is -2.08. The van der Waals surface area contributed by atoms with Gasteiger partial charge >= 0.3 is 0 Å². The van der Waals surface area contributed by atoms with Gasteiger partial charge in [-0.2, -0.15) is 0 Å². The Morgan fingerprint density at radius 1 is 1.22 bits per heavy atom. The Bertz CT molecular complexity index is 748. The van der Waals surface area contributed by atoms with Crippen LogP contribution in [0.2, 0.25) is 5.02 Å². The first-order valence-corrected chi connectivity index (χ1v) is 9.53. The molecule has 0 saturated carbocycles. The zero-order chi connectivity index (χ0) is 19.1. The minimum absolute atomic E-state index is 0.0328. The van der Waals surface area contributed by atoms with Crippen LogP contribution in [0.15, 0.2) is 48.5 Å². The van der Waals surface area contributed by atoms with E-state index in [0.717, 1.165) is 44.0 Å². The van der Waals surface area contributed by atoms with E-state index in [1.807, 2.05) is 43.3 Å². The van der Waals surface area contributed by atoms with Gasteiger partial charge < -0.3 is 14.8 Å². The predicted molar refractivity (Wildman–Crippen MR) is 106 cm³/mol. The van der Waals surface area contributed by atoms with Gasteiger partial charge in [0, 0.05) is 24.7 Å². The molecule has 1 atom stereocenters. The Kier molecular flexibility index (Phi) is 7.10. The van der Waals surface area contributed by atoms with E-state index in [-0.39, 0.29) is 18.6 Å². The molecule has 1 aliphatic heterocycles. The summed E-state index contributed by atoms with van der Waals surface area (Å²) >= 11 is 5.96. The molecule has 0 radical (unpaired) electrons. The van der Waals surface area contributed by atoms with Crippen LogP contribution in [0.3, 0.4) is 0 Å². The van der Waals surface area contributed by atoms with Crippen LogP contribution in [-0.2, 0) is 9.53 Å². The quantitative estimate of drug-likeness (QED) is 0.791. The molecule has 2 aromatic rings. The van der Waals surface area contributed by atoms with Crippen LogP contribution in [0.5, 0.6) is 5.75 Å². The molecule has 0 aromatic heterocycles. The summed E-state index contributed by atoms with van der Waals surface area (Å²) < 4.78 is 11.1. The normalized spacial score (nSPS) is 15.9. The lowest BCUT2D eigenvalue weighted by Crippen LogP contribution is -2.44. The van der Waals surface area contributed by atoms with Crippen LogP contribution >= 0.6 is 11.6 Å². The molecule has 3 rings (SSSR count). The van der Waals surface area contributed by atoms with Crippen LogP contribution in [0.4, 0.5) is 0 Å². The van der Waals surface area contributed by atoms with Crippen LogP contribution in [0.25, 0.3) is 0 Å². The van der Waals surface area contributed by atoms with Gasteiger partial charge in [0.2, 0.25) is 0 Å². The number of amides is 1. The maximum atomic E-state index is 12.5. The van der Waals surface area contributed by atoms with E-state index in [1.165, 1.54) is 0 Å². The van der Waals surface area contributed by atoms with Crippen LogP contribution in [-0.4, -0.2) is 50.3 Å². The third-order valence-electron chi connectivity index (χ3n) is 4.58. The fraction of sp³-hybridized carbons (Fsp3) is 0.381. The summed E-state index contributed by atoms with van der Waals surface area (Å²) in [7, 11) is 0. The highest BCUT2D eigenvalue weighted by Crippen LogP contribution is 2.22. The molecule has 1 fully saturated rings.